The van der Waals surface area contributed by atoms with Gasteiger partial charge >= 0.3 is 0 Å². The molecule has 0 saturated carbocycles. The largest absolute Gasteiger partial charge is 0.497 e. The Labute approximate surface area is 242 Å². The van der Waals surface area contributed by atoms with Gasteiger partial charge in [0.2, 0.25) is 5.91 Å². The summed E-state index contributed by atoms with van der Waals surface area (Å²) in [5.41, 5.74) is 7.25. The number of hydrogen-bond acceptors (Lipinski definition) is 4. The fourth-order valence-corrected chi connectivity index (χ4v) is 5.09. The summed E-state index contributed by atoms with van der Waals surface area (Å²) in [7, 11) is 1.69. The van der Waals surface area contributed by atoms with Crippen molar-refractivity contribution in [1.82, 2.24) is 9.97 Å². The molecule has 0 bridgehead atoms. The van der Waals surface area contributed by atoms with Gasteiger partial charge in [0.05, 0.1) is 30.6 Å². The van der Waals surface area contributed by atoms with Gasteiger partial charge in [0.15, 0.2) is 5.82 Å². The van der Waals surface area contributed by atoms with E-state index in [9.17, 15) is 4.79 Å². The van der Waals surface area contributed by atoms with Crippen molar-refractivity contribution in [2.24, 2.45) is 11.8 Å². The van der Waals surface area contributed by atoms with E-state index in [0.717, 1.165) is 70.5 Å². The van der Waals surface area contributed by atoms with Crippen molar-refractivity contribution in [3.63, 3.8) is 0 Å². The second-order valence-corrected chi connectivity index (χ2v) is 11.9. The second kappa shape index (κ2) is 14.4. The molecule has 1 atom stereocenters. The quantitative estimate of drug-likeness (QED) is 0.254. The van der Waals surface area contributed by atoms with Crippen LogP contribution in [-0.2, 0) is 30.5 Å². The third kappa shape index (κ3) is 9.03. The number of methoxy groups -OCH3 is 1. The maximum absolute atomic E-state index is 13.0. The monoisotopic (exact) mass is 591 g/mol. The predicted octanol–water partition coefficient (Wildman–Crippen LogP) is 8.39. The number of nitrogens with one attached hydrogen (secondary N) is 1. The highest BCUT2D eigenvalue weighted by Crippen LogP contribution is 2.35. The summed E-state index contributed by atoms with van der Waals surface area (Å²) in [5, 5.41) is 3.10. The SMILES string of the molecule is C=C(C)C.CCC(Cc1nc2c(nc1NC(=O)Cc1ccc(Br)cc1)CCc1cc(OC)ccc1-2)CC(C)C. The van der Waals surface area contributed by atoms with Crippen molar-refractivity contribution >= 4 is 27.7 Å². The summed E-state index contributed by atoms with van der Waals surface area (Å²) in [6.45, 7) is 14.2. The first-order chi connectivity index (χ1) is 18.6. The van der Waals surface area contributed by atoms with Gasteiger partial charge in [-0.2, -0.15) is 0 Å². The zero-order valence-electron chi connectivity index (χ0n) is 24.2. The molecule has 3 aromatic rings. The molecule has 5 nitrogen and oxygen atoms in total. The average molecular weight is 593 g/mol. The first-order valence-electron chi connectivity index (χ1n) is 13.8. The molecule has 1 N–H and O–H groups in total. The molecular weight excluding hydrogens is 550 g/mol. The summed E-state index contributed by atoms with van der Waals surface area (Å²) < 4.78 is 6.43. The number of carbonyl (C=O) groups is 1. The van der Waals surface area contributed by atoms with Gasteiger partial charge in [0.1, 0.15) is 5.75 Å². The van der Waals surface area contributed by atoms with E-state index >= 15 is 0 Å². The van der Waals surface area contributed by atoms with E-state index in [-0.39, 0.29) is 5.91 Å². The van der Waals surface area contributed by atoms with Crippen LogP contribution >= 0.6 is 15.9 Å². The number of aryl methyl sites for hydroxylation is 2. The summed E-state index contributed by atoms with van der Waals surface area (Å²) in [6.07, 6.45) is 4.96. The van der Waals surface area contributed by atoms with Crippen molar-refractivity contribution in [3.05, 3.63) is 81.6 Å². The van der Waals surface area contributed by atoms with Gasteiger partial charge in [0.25, 0.3) is 0 Å². The number of allylic oxidation sites excluding steroid dienone is 1. The molecule has 39 heavy (non-hydrogen) atoms. The Morgan fingerprint density at radius 2 is 1.79 bits per heavy atom. The molecule has 1 amide bonds. The molecule has 1 aliphatic rings. The molecule has 6 heteroatoms. The van der Waals surface area contributed by atoms with E-state index in [0.29, 0.717) is 24.1 Å². The van der Waals surface area contributed by atoms with Crippen LogP contribution in [0.3, 0.4) is 0 Å². The average Bonchev–Trinajstić information content (AvgIpc) is 2.88. The lowest BCUT2D eigenvalue weighted by Gasteiger charge is -2.23. The molecule has 4 rings (SSSR count). The van der Waals surface area contributed by atoms with Crippen LogP contribution in [-0.4, -0.2) is 23.0 Å². The van der Waals surface area contributed by atoms with E-state index in [2.05, 4.69) is 60.7 Å². The highest BCUT2D eigenvalue weighted by Gasteiger charge is 2.24. The number of fused-ring (bicyclic) bond motifs is 3. The van der Waals surface area contributed by atoms with E-state index in [1.165, 1.54) is 11.1 Å². The molecular formula is C33H42BrN3O2. The third-order valence-corrected chi connectivity index (χ3v) is 7.17. The highest BCUT2D eigenvalue weighted by atomic mass is 79.9. The Balaban J connectivity index is 0.000000983. The molecule has 1 aliphatic carbocycles. The first kappa shape index (κ1) is 30.6. The smallest absolute Gasteiger partial charge is 0.229 e. The maximum atomic E-state index is 13.0. The van der Waals surface area contributed by atoms with Crippen LogP contribution in [0.4, 0.5) is 5.82 Å². The number of hydrogen-bond donors (Lipinski definition) is 1. The zero-order valence-corrected chi connectivity index (χ0v) is 25.8. The fourth-order valence-electron chi connectivity index (χ4n) is 4.82. The van der Waals surface area contributed by atoms with Crippen molar-refractivity contribution in [2.75, 3.05) is 12.4 Å². The minimum atomic E-state index is -0.0688. The van der Waals surface area contributed by atoms with Gasteiger partial charge in [-0.3, -0.25) is 4.79 Å². The van der Waals surface area contributed by atoms with E-state index in [1.54, 1.807) is 7.11 Å². The highest BCUT2D eigenvalue weighted by molar-refractivity contribution is 9.10. The van der Waals surface area contributed by atoms with Crippen molar-refractivity contribution < 1.29 is 9.53 Å². The summed E-state index contributed by atoms with van der Waals surface area (Å²) in [5.74, 6) is 2.50. The fraction of sp³-hybridized carbons (Fsp3) is 0.424. The number of aromatic nitrogens is 2. The van der Waals surface area contributed by atoms with Gasteiger partial charge in [-0.1, -0.05) is 60.8 Å². The van der Waals surface area contributed by atoms with Crippen LogP contribution in [0.25, 0.3) is 11.3 Å². The molecule has 208 valence electrons. The van der Waals surface area contributed by atoms with E-state index in [4.69, 9.17) is 14.7 Å². The van der Waals surface area contributed by atoms with Gasteiger partial charge in [-0.25, -0.2) is 9.97 Å². The van der Waals surface area contributed by atoms with E-state index < -0.39 is 0 Å². The number of anilines is 1. The number of ether oxygens (including phenoxy) is 1. The summed E-state index contributed by atoms with van der Waals surface area (Å²) >= 11 is 3.45. The molecule has 0 spiro atoms. The van der Waals surface area contributed by atoms with Crippen LogP contribution in [0.5, 0.6) is 5.75 Å². The Bertz CT molecular complexity index is 1280. The lowest BCUT2D eigenvalue weighted by Crippen LogP contribution is -2.21. The molecule has 1 aromatic heterocycles. The zero-order chi connectivity index (χ0) is 28.5. The summed E-state index contributed by atoms with van der Waals surface area (Å²) in [4.78, 5) is 23.1. The van der Waals surface area contributed by atoms with Crippen molar-refractivity contribution in [1.29, 1.82) is 0 Å². The summed E-state index contributed by atoms with van der Waals surface area (Å²) in [6, 6.07) is 14.0. The lowest BCUT2D eigenvalue weighted by molar-refractivity contribution is -0.115. The van der Waals surface area contributed by atoms with Crippen molar-refractivity contribution in [2.45, 2.75) is 73.1 Å². The standard InChI is InChI=1S/C29H34BrN3O2.C4H8/c1-5-19(14-18(2)3)15-26-29(33-27(34)16-20-6-9-22(30)10-7-20)32-25-13-8-21-17-23(35-4)11-12-24(21)28(25)31-26;1-4(2)3/h6-7,9-12,17-19H,5,8,13-16H2,1-4H3,(H,32,33,34);1H2,2-3H3. The molecule has 2 aromatic carbocycles. The Kier molecular flexibility index (Phi) is 11.3. The molecule has 0 saturated heterocycles. The molecule has 0 fully saturated rings. The Hall–Kier alpha value is -2.99. The van der Waals surface area contributed by atoms with Crippen LogP contribution < -0.4 is 10.1 Å². The third-order valence-electron chi connectivity index (χ3n) is 6.64. The van der Waals surface area contributed by atoms with Gasteiger partial charge in [-0.15, -0.1) is 6.58 Å². The van der Waals surface area contributed by atoms with Gasteiger partial charge in [0, 0.05) is 10.0 Å². The van der Waals surface area contributed by atoms with Crippen molar-refractivity contribution in [3.8, 4) is 17.0 Å². The molecule has 0 radical (unpaired) electrons. The topological polar surface area (TPSA) is 64.1 Å². The number of halogens is 1. The van der Waals surface area contributed by atoms with E-state index in [1.807, 2.05) is 44.2 Å². The maximum Gasteiger partial charge on any atom is 0.229 e. The minimum absolute atomic E-state index is 0.0688. The number of carbonyl (C=O) groups excluding carboxylic acids is 1. The van der Waals surface area contributed by atoms with Crippen LogP contribution in [0, 0.1) is 11.8 Å². The number of amides is 1. The van der Waals surface area contributed by atoms with Gasteiger partial charge in [-0.05, 0) is 92.8 Å². The van der Waals surface area contributed by atoms with Crippen LogP contribution in [0.2, 0.25) is 0 Å². The van der Waals surface area contributed by atoms with Crippen LogP contribution in [0.15, 0.2) is 59.1 Å². The van der Waals surface area contributed by atoms with Crippen LogP contribution in [0.1, 0.15) is 70.0 Å². The minimum Gasteiger partial charge on any atom is -0.497 e. The number of benzene rings is 2. The Morgan fingerprint density at radius 3 is 2.41 bits per heavy atom. The molecule has 1 heterocycles. The number of rotatable bonds is 9. The molecule has 0 aliphatic heterocycles. The molecule has 1 unspecified atom stereocenters. The predicted molar refractivity (Wildman–Crippen MR) is 165 cm³/mol. The normalized spacial score (nSPS) is 12.5. The second-order valence-electron chi connectivity index (χ2n) is 11.0. The first-order valence-corrected chi connectivity index (χ1v) is 14.6. The number of nitrogens with zero attached hydrogens (tertiary/aromatic N) is 2. The van der Waals surface area contributed by atoms with Gasteiger partial charge < -0.3 is 10.1 Å². The Morgan fingerprint density at radius 1 is 1.10 bits per heavy atom. The lowest BCUT2D eigenvalue weighted by atomic mass is 9.89.